The van der Waals surface area contributed by atoms with Gasteiger partial charge in [-0.05, 0) is 46.3 Å². The molecule has 0 aliphatic carbocycles. The number of rotatable bonds is 9. The van der Waals surface area contributed by atoms with Crippen LogP contribution in [0.25, 0.3) is 0 Å². The molecule has 114 valence electrons. The van der Waals surface area contributed by atoms with Crippen LogP contribution in [-0.4, -0.2) is 47.7 Å². The number of anilines is 1. The summed E-state index contributed by atoms with van der Waals surface area (Å²) in [6, 6.07) is 2.19. The van der Waals surface area contributed by atoms with Crippen LogP contribution in [-0.2, 0) is 0 Å². The zero-order chi connectivity index (χ0) is 15.0. The Balaban J connectivity index is 2.42. The third kappa shape index (κ3) is 5.74. The van der Waals surface area contributed by atoms with Crippen molar-refractivity contribution in [2.24, 2.45) is 0 Å². The maximum atomic E-state index is 5.16. The highest BCUT2D eigenvalue weighted by molar-refractivity contribution is 5.31. The van der Waals surface area contributed by atoms with Gasteiger partial charge < -0.3 is 15.0 Å². The average molecular weight is 280 g/mol. The maximum absolute atomic E-state index is 5.16. The second-order valence-electron chi connectivity index (χ2n) is 5.09. The predicted molar refractivity (Wildman–Crippen MR) is 83.4 cm³/mol. The van der Waals surface area contributed by atoms with E-state index in [9.17, 15) is 0 Å². The predicted octanol–water partition coefficient (Wildman–Crippen LogP) is 2.72. The quantitative estimate of drug-likeness (QED) is 0.753. The lowest BCUT2D eigenvalue weighted by Crippen LogP contribution is -2.26. The van der Waals surface area contributed by atoms with E-state index in [-0.39, 0.29) is 0 Å². The van der Waals surface area contributed by atoms with Crippen LogP contribution in [0.1, 0.15) is 39.3 Å². The minimum atomic E-state index is 0.358. The molecular weight excluding hydrogens is 252 g/mol. The van der Waals surface area contributed by atoms with Crippen molar-refractivity contribution in [2.75, 3.05) is 32.1 Å². The molecule has 0 fully saturated rings. The van der Waals surface area contributed by atoms with Crippen molar-refractivity contribution < 1.29 is 4.74 Å². The highest BCUT2D eigenvalue weighted by Crippen LogP contribution is 2.13. The van der Waals surface area contributed by atoms with Crippen molar-refractivity contribution in [1.82, 2.24) is 14.9 Å². The molecule has 20 heavy (non-hydrogen) atoms. The Morgan fingerprint density at radius 1 is 1.30 bits per heavy atom. The lowest BCUT2D eigenvalue weighted by atomic mass is 10.2. The Morgan fingerprint density at radius 3 is 2.60 bits per heavy atom. The Hall–Kier alpha value is -1.36. The molecule has 1 atom stereocenters. The SMILES string of the molecule is CCN(CC)CCCC(C)Nc1nc(C)cc(OC)n1. The van der Waals surface area contributed by atoms with Gasteiger partial charge in [-0.2, -0.15) is 4.98 Å². The van der Waals surface area contributed by atoms with Gasteiger partial charge in [-0.1, -0.05) is 13.8 Å². The van der Waals surface area contributed by atoms with Crippen molar-refractivity contribution in [2.45, 2.75) is 46.6 Å². The van der Waals surface area contributed by atoms with Crippen molar-refractivity contribution in [3.05, 3.63) is 11.8 Å². The molecule has 1 aromatic heterocycles. The molecule has 1 rings (SSSR count). The average Bonchev–Trinajstić information content (AvgIpc) is 2.42. The van der Waals surface area contributed by atoms with E-state index in [0.717, 1.165) is 31.7 Å². The molecule has 0 aliphatic heterocycles. The van der Waals surface area contributed by atoms with Gasteiger partial charge in [-0.3, -0.25) is 0 Å². The van der Waals surface area contributed by atoms with E-state index in [1.807, 2.05) is 13.0 Å². The van der Waals surface area contributed by atoms with Crippen LogP contribution in [0.3, 0.4) is 0 Å². The van der Waals surface area contributed by atoms with Crippen LogP contribution >= 0.6 is 0 Å². The zero-order valence-electron chi connectivity index (χ0n) is 13.4. The van der Waals surface area contributed by atoms with Crippen molar-refractivity contribution in [1.29, 1.82) is 0 Å². The summed E-state index contributed by atoms with van der Waals surface area (Å²) in [7, 11) is 1.62. The number of hydrogen-bond acceptors (Lipinski definition) is 5. The molecule has 1 aromatic rings. The largest absolute Gasteiger partial charge is 0.481 e. The molecule has 0 aromatic carbocycles. The lowest BCUT2D eigenvalue weighted by molar-refractivity contribution is 0.295. The number of nitrogens with one attached hydrogen (secondary N) is 1. The molecule has 1 heterocycles. The van der Waals surface area contributed by atoms with E-state index in [1.165, 1.54) is 6.42 Å². The first-order valence-corrected chi connectivity index (χ1v) is 7.47. The second-order valence-corrected chi connectivity index (χ2v) is 5.09. The van der Waals surface area contributed by atoms with Gasteiger partial charge in [-0.25, -0.2) is 4.98 Å². The summed E-state index contributed by atoms with van der Waals surface area (Å²) in [6.07, 6.45) is 2.29. The molecule has 5 heteroatoms. The van der Waals surface area contributed by atoms with Crippen molar-refractivity contribution in [3.63, 3.8) is 0 Å². The third-order valence-electron chi connectivity index (χ3n) is 3.42. The molecule has 1 N–H and O–H groups in total. The van der Waals surface area contributed by atoms with E-state index >= 15 is 0 Å². The smallest absolute Gasteiger partial charge is 0.226 e. The Morgan fingerprint density at radius 2 is 2.00 bits per heavy atom. The first-order valence-electron chi connectivity index (χ1n) is 7.47. The fourth-order valence-electron chi connectivity index (χ4n) is 2.16. The molecular formula is C15H28N4O. The Kier molecular flexibility index (Phi) is 7.30. The van der Waals surface area contributed by atoms with E-state index in [2.05, 4.69) is 41.0 Å². The third-order valence-corrected chi connectivity index (χ3v) is 3.42. The summed E-state index contributed by atoms with van der Waals surface area (Å²) in [5.74, 6) is 1.26. The second kappa shape index (κ2) is 8.74. The van der Waals surface area contributed by atoms with E-state index < -0.39 is 0 Å². The van der Waals surface area contributed by atoms with Gasteiger partial charge >= 0.3 is 0 Å². The molecule has 5 nitrogen and oxygen atoms in total. The van der Waals surface area contributed by atoms with Gasteiger partial charge in [0.15, 0.2) is 0 Å². The molecule has 0 spiro atoms. The Bertz CT molecular complexity index is 393. The van der Waals surface area contributed by atoms with Gasteiger partial charge in [0.25, 0.3) is 0 Å². The van der Waals surface area contributed by atoms with Crippen LogP contribution in [0.5, 0.6) is 5.88 Å². The number of ether oxygens (including phenoxy) is 1. The number of nitrogens with zero attached hydrogens (tertiary/aromatic N) is 3. The standard InChI is InChI=1S/C15H28N4O/c1-6-19(7-2)10-8-9-12(3)16-15-17-13(4)11-14(18-15)20-5/h11-12H,6-10H2,1-5H3,(H,16,17,18). The normalized spacial score (nSPS) is 12.5. The highest BCUT2D eigenvalue weighted by atomic mass is 16.5. The summed E-state index contributed by atoms with van der Waals surface area (Å²) in [6.45, 7) is 11.9. The van der Waals surface area contributed by atoms with Crippen LogP contribution < -0.4 is 10.1 Å². The van der Waals surface area contributed by atoms with Crippen LogP contribution in [0, 0.1) is 6.92 Å². The van der Waals surface area contributed by atoms with Gasteiger partial charge in [0.2, 0.25) is 11.8 Å². The summed E-state index contributed by atoms with van der Waals surface area (Å²) < 4.78 is 5.16. The summed E-state index contributed by atoms with van der Waals surface area (Å²) in [5.41, 5.74) is 0.912. The number of aryl methyl sites for hydroxylation is 1. The summed E-state index contributed by atoms with van der Waals surface area (Å²) >= 11 is 0. The van der Waals surface area contributed by atoms with Gasteiger partial charge in [-0.15, -0.1) is 0 Å². The van der Waals surface area contributed by atoms with Crippen molar-refractivity contribution in [3.8, 4) is 5.88 Å². The molecule has 1 unspecified atom stereocenters. The highest BCUT2D eigenvalue weighted by Gasteiger charge is 2.07. The molecule has 0 saturated carbocycles. The first-order chi connectivity index (χ1) is 9.58. The van der Waals surface area contributed by atoms with E-state index in [4.69, 9.17) is 4.74 Å². The van der Waals surface area contributed by atoms with Crippen LogP contribution in [0.2, 0.25) is 0 Å². The fourth-order valence-corrected chi connectivity index (χ4v) is 2.16. The lowest BCUT2D eigenvalue weighted by Gasteiger charge is -2.20. The van der Waals surface area contributed by atoms with Crippen LogP contribution in [0.15, 0.2) is 6.07 Å². The molecule has 0 bridgehead atoms. The maximum Gasteiger partial charge on any atom is 0.226 e. The van der Waals surface area contributed by atoms with E-state index in [0.29, 0.717) is 17.9 Å². The fraction of sp³-hybridized carbons (Fsp3) is 0.733. The topological polar surface area (TPSA) is 50.3 Å². The molecule has 0 radical (unpaired) electrons. The molecule has 0 aliphatic rings. The first kappa shape index (κ1) is 16.7. The van der Waals surface area contributed by atoms with Crippen molar-refractivity contribution >= 4 is 5.95 Å². The monoisotopic (exact) mass is 280 g/mol. The van der Waals surface area contributed by atoms with Crippen LogP contribution in [0.4, 0.5) is 5.95 Å². The molecule has 0 saturated heterocycles. The van der Waals surface area contributed by atoms with Gasteiger partial charge in [0.1, 0.15) is 0 Å². The van der Waals surface area contributed by atoms with Gasteiger partial charge in [0.05, 0.1) is 7.11 Å². The van der Waals surface area contributed by atoms with E-state index in [1.54, 1.807) is 7.11 Å². The summed E-state index contributed by atoms with van der Waals surface area (Å²) in [4.78, 5) is 11.1. The zero-order valence-corrected chi connectivity index (χ0v) is 13.4. The molecule has 0 amide bonds. The number of methoxy groups -OCH3 is 1. The minimum absolute atomic E-state index is 0.358. The minimum Gasteiger partial charge on any atom is -0.481 e. The van der Waals surface area contributed by atoms with Gasteiger partial charge in [0, 0.05) is 17.8 Å². The number of hydrogen-bond donors (Lipinski definition) is 1. The Labute approximate surface area is 122 Å². The number of aromatic nitrogens is 2. The summed E-state index contributed by atoms with van der Waals surface area (Å²) in [5, 5.41) is 3.35.